The SMILES string of the molecule is C[C@@H]1CCCN(c2ccnc(-c3cnc4cnc(C(F)F)cn34)n2)C1. The molecule has 0 aliphatic carbocycles. The van der Waals surface area contributed by atoms with Crippen LogP contribution in [0.1, 0.15) is 31.9 Å². The Morgan fingerprint density at radius 1 is 1.20 bits per heavy atom. The second-order valence-electron chi connectivity index (χ2n) is 6.42. The molecule has 1 aliphatic heterocycles. The van der Waals surface area contributed by atoms with E-state index in [1.807, 2.05) is 6.07 Å². The zero-order chi connectivity index (χ0) is 17.4. The first-order chi connectivity index (χ1) is 12.1. The Kier molecular flexibility index (Phi) is 4.03. The van der Waals surface area contributed by atoms with Gasteiger partial charge in [-0.05, 0) is 24.8 Å². The maximum atomic E-state index is 12.9. The highest BCUT2D eigenvalue weighted by molar-refractivity contribution is 5.58. The normalized spacial score (nSPS) is 18.2. The van der Waals surface area contributed by atoms with E-state index in [2.05, 4.69) is 31.8 Å². The van der Waals surface area contributed by atoms with Crippen molar-refractivity contribution in [1.82, 2.24) is 24.3 Å². The maximum absolute atomic E-state index is 12.9. The van der Waals surface area contributed by atoms with E-state index in [0.717, 1.165) is 25.3 Å². The number of fused-ring (bicyclic) bond motifs is 1. The Labute approximate surface area is 143 Å². The van der Waals surface area contributed by atoms with Crippen LogP contribution in [-0.4, -0.2) is 37.4 Å². The zero-order valence-electron chi connectivity index (χ0n) is 13.8. The molecule has 0 radical (unpaired) electrons. The van der Waals surface area contributed by atoms with Gasteiger partial charge in [0.15, 0.2) is 11.5 Å². The predicted octanol–water partition coefficient (Wildman–Crippen LogP) is 3.36. The molecular weight excluding hydrogens is 326 g/mol. The molecule has 0 amide bonds. The van der Waals surface area contributed by atoms with E-state index in [9.17, 15) is 8.78 Å². The summed E-state index contributed by atoms with van der Waals surface area (Å²) in [7, 11) is 0. The molecule has 1 fully saturated rings. The first kappa shape index (κ1) is 15.9. The van der Waals surface area contributed by atoms with Gasteiger partial charge in [0.2, 0.25) is 0 Å². The minimum atomic E-state index is -2.64. The molecule has 0 aromatic carbocycles. The smallest absolute Gasteiger partial charge is 0.281 e. The fourth-order valence-electron chi connectivity index (χ4n) is 3.23. The predicted molar refractivity (Wildman–Crippen MR) is 89.6 cm³/mol. The van der Waals surface area contributed by atoms with Gasteiger partial charge in [-0.25, -0.2) is 28.7 Å². The van der Waals surface area contributed by atoms with Gasteiger partial charge in [-0.2, -0.15) is 0 Å². The topological polar surface area (TPSA) is 59.2 Å². The molecule has 4 heterocycles. The van der Waals surface area contributed by atoms with Crippen molar-refractivity contribution in [2.24, 2.45) is 5.92 Å². The average molecular weight is 344 g/mol. The van der Waals surface area contributed by atoms with Gasteiger partial charge in [-0.1, -0.05) is 6.92 Å². The van der Waals surface area contributed by atoms with Crippen LogP contribution >= 0.6 is 0 Å². The number of rotatable bonds is 3. The minimum Gasteiger partial charge on any atom is -0.356 e. The van der Waals surface area contributed by atoms with Crippen molar-refractivity contribution in [2.75, 3.05) is 18.0 Å². The summed E-state index contributed by atoms with van der Waals surface area (Å²) in [4.78, 5) is 19.1. The van der Waals surface area contributed by atoms with E-state index >= 15 is 0 Å². The van der Waals surface area contributed by atoms with E-state index in [-0.39, 0.29) is 5.69 Å². The minimum absolute atomic E-state index is 0.298. The number of nitrogens with zero attached hydrogens (tertiary/aromatic N) is 6. The van der Waals surface area contributed by atoms with Crippen LogP contribution < -0.4 is 4.90 Å². The van der Waals surface area contributed by atoms with Crippen molar-refractivity contribution in [3.05, 3.63) is 36.5 Å². The summed E-state index contributed by atoms with van der Waals surface area (Å²) in [6.07, 6.45) is 5.64. The lowest BCUT2D eigenvalue weighted by Gasteiger charge is -2.31. The van der Waals surface area contributed by atoms with Crippen LogP contribution in [0.2, 0.25) is 0 Å². The van der Waals surface area contributed by atoms with Crippen LogP contribution in [0.15, 0.2) is 30.9 Å². The standard InChI is InChI=1S/C17H18F2N6/c1-11-3-2-6-24(9-11)14-4-5-20-17(23-14)13-7-22-15-8-21-12(16(18)19)10-25(13)15/h4-5,7-8,10-11,16H,2-3,6,9H2,1H3/t11-/m1/s1. The molecule has 6 nitrogen and oxygen atoms in total. The molecule has 0 unspecified atom stereocenters. The van der Waals surface area contributed by atoms with Gasteiger partial charge in [0, 0.05) is 25.5 Å². The number of anilines is 1. The van der Waals surface area contributed by atoms with E-state index in [0.29, 0.717) is 23.1 Å². The summed E-state index contributed by atoms with van der Waals surface area (Å²) in [5.41, 5.74) is 0.763. The number of piperidine rings is 1. The van der Waals surface area contributed by atoms with Crippen LogP contribution in [0.4, 0.5) is 14.6 Å². The quantitative estimate of drug-likeness (QED) is 0.729. The fourth-order valence-corrected chi connectivity index (χ4v) is 3.23. The van der Waals surface area contributed by atoms with Gasteiger partial charge >= 0.3 is 0 Å². The van der Waals surface area contributed by atoms with Crippen molar-refractivity contribution in [2.45, 2.75) is 26.2 Å². The Morgan fingerprint density at radius 2 is 2.08 bits per heavy atom. The van der Waals surface area contributed by atoms with Gasteiger partial charge in [-0.15, -0.1) is 0 Å². The highest BCUT2D eigenvalue weighted by Gasteiger charge is 2.19. The van der Waals surface area contributed by atoms with Crippen LogP contribution in [0.3, 0.4) is 0 Å². The molecule has 8 heteroatoms. The van der Waals surface area contributed by atoms with Crippen LogP contribution in [0.25, 0.3) is 17.2 Å². The largest absolute Gasteiger partial charge is 0.356 e. The molecule has 1 atom stereocenters. The van der Waals surface area contributed by atoms with Crippen LogP contribution in [0.5, 0.6) is 0 Å². The lowest BCUT2D eigenvalue weighted by atomic mass is 10.0. The van der Waals surface area contributed by atoms with Crippen molar-refractivity contribution < 1.29 is 8.78 Å². The third kappa shape index (κ3) is 3.04. The highest BCUT2D eigenvalue weighted by Crippen LogP contribution is 2.25. The Morgan fingerprint density at radius 3 is 2.88 bits per heavy atom. The van der Waals surface area contributed by atoms with Gasteiger partial charge in [0.05, 0.1) is 12.4 Å². The summed E-state index contributed by atoms with van der Waals surface area (Å²) < 4.78 is 27.5. The first-order valence-electron chi connectivity index (χ1n) is 8.31. The molecule has 0 N–H and O–H groups in total. The maximum Gasteiger partial charge on any atom is 0.281 e. The summed E-state index contributed by atoms with van der Waals surface area (Å²) in [6, 6.07) is 1.89. The molecule has 0 spiro atoms. The lowest BCUT2D eigenvalue weighted by Crippen LogP contribution is -2.34. The highest BCUT2D eigenvalue weighted by atomic mass is 19.3. The molecule has 0 saturated carbocycles. The van der Waals surface area contributed by atoms with Crippen molar-refractivity contribution in [3.8, 4) is 11.5 Å². The zero-order valence-corrected chi connectivity index (χ0v) is 13.8. The summed E-state index contributed by atoms with van der Waals surface area (Å²) in [6.45, 7) is 4.16. The lowest BCUT2D eigenvalue weighted by molar-refractivity contribution is 0.145. The van der Waals surface area contributed by atoms with Crippen molar-refractivity contribution in [3.63, 3.8) is 0 Å². The number of hydrogen-bond donors (Lipinski definition) is 0. The molecule has 3 aromatic rings. The Balaban J connectivity index is 1.73. The molecule has 130 valence electrons. The number of aromatic nitrogens is 5. The van der Waals surface area contributed by atoms with E-state index in [4.69, 9.17) is 0 Å². The molecule has 1 aliphatic rings. The third-order valence-electron chi connectivity index (χ3n) is 4.49. The number of hydrogen-bond acceptors (Lipinski definition) is 5. The number of alkyl halides is 2. The Hall–Kier alpha value is -2.64. The number of imidazole rings is 1. The fraction of sp³-hybridized carbons (Fsp3) is 0.412. The third-order valence-corrected chi connectivity index (χ3v) is 4.49. The van der Waals surface area contributed by atoms with Crippen LogP contribution in [-0.2, 0) is 0 Å². The monoisotopic (exact) mass is 344 g/mol. The molecule has 1 saturated heterocycles. The summed E-state index contributed by atoms with van der Waals surface area (Å²) in [5, 5.41) is 0. The molecule has 4 rings (SSSR count). The van der Waals surface area contributed by atoms with Crippen molar-refractivity contribution in [1.29, 1.82) is 0 Å². The van der Waals surface area contributed by atoms with Gasteiger partial charge in [-0.3, -0.25) is 4.40 Å². The van der Waals surface area contributed by atoms with Gasteiger partial charge in [0.25, 0.3) is 6.43 Å². The molecule has 25 heavy (non-hydrogen) atoms. The van der Waals surface area contributed by atoms with E-state index in [1.165, 1.54) is 18.8 Å². The molecule has 0 bridgehead atoms. The van der Waals surface area contributed by atoms with Gasteiger partial charge in [0.1, 0.15) is 17.2 Å². The van der Waals surface area contributed by atoms with Crippen molar-refractivity contribution >= 4 is 11.5 Å². The van der Waals surface area contributed by atoms with E-state index < -0.39 is 6.43 Å². The molecule has 3 aromatic heterocycles. The first-order valence-corrected chi connectivity index (χ1v) is 8.31. The van der Waals surface area contributed by atoms with E-state index in [1.54, 1.807) is 16.8 Å². The van der Waals surface area contributed by atoms with Crippen LogP contribution in [0, 0.1) is 5.92 Å². The molecular formula is C17H18F2N6. The Bertz CT molecular complexity index is 894. The second-order valence-corrected chi connectivity index (χ2v) is 6.42. The summed E-state index contributed by atoms with van der Waals surface area (Å²) >= 11 is 0. The van der Waals surface area contributed by atoms with Gasteiger partial charge < -0.3 is 4.90 Å². The number of halogens is 2. The second kappa shape index (κ2) is 6.34. The summed E-state index contributed by atoms with van der Waals surface area (Å²) in [5.74, 6) is 1.95. The average Bonchev–Trinajstić information content (AvgIpc) is 3.05.